The molecule has 0 radical (unpaired) electrons. The predicted molar refractivity (Wildman–Crippen MR) is 31.0 cm³/mol. The van der Waals surface area contributed by atoms with Gasteiger partial charge in [0.1, 0.15) is 0 Å². The highest BCUT2D eigenvalue weighted by molar-refractivity contribution is 4.75. The van der Waals surface area contributed by atoms with Gasteiger partial charge in [0.05, 0.1) is 6.42 Å². The molecule has 0 amide bonds. The zero-order valence-corrected chi connectivity index (χ0v) is 6.23. The van der Waals surface area contributed by atoms with Crippen molar-refractivity contribution in [1.29, 1.82) is 0 Å². The van der Waals surface area contributed by atoms with Gasteiger partial charge in [0, 0.05) is 0 Å². The van der Waals surface area contributed by atoms with Gasteiger partial charge in [-0.05, 0) is 13.8 Å². The van der Waals surface area contributed by atoms with Crippen molar-refractivity contribution < 1.29 is 30.1 Å². The van der Waals surface area contributed by atoms with E-state index in [0.29, 0.717) is 0 Å². The fraction of sp³-hybridized carbons (Fsp3) is 1.00. The molecule has 1 rings (SSSR count). The van der Waals surface area contributed by atoms with E-state index in [1.54, 1.807) is 0 Å². The highest BCUT2D eigenvalue weighted by Gasteiger charge is 2.49. The summed E-state index contributed by atoms with van der Waals surface area (Å²) < 4.78 is 0. The van der Waals surface area contributed by atoms with Gasteiger partial charge in [-0.25, -0.2) is 20.3 Å². The van der Waals surface area contributed by atoms with E-state index < -0.39 is 11.6 Å². The Morgan fingerprint density at radius 1 is 1.09 bits per heavy atom. The maximum absolute atomic E-state index is 8.31. The molecule has 0 aromatic carbocycles. The molecule has 1 aliphatic rings. The Kier molecular flexibility index (Phi) is 2.15. The van der Waals surface area contributed by atoms with E-state index in [-0.39, 0.29) is 6.42 Å². The molecule has 1 saturated heterocycles. The van der Waals surface area contributed by atoms with Crippen molar-refractivity contribution in [2.75, 3.05) is 0 Å². The first-order valence-corrected chi connectivity index (χ1v) is 3.06. The van der Waals surface area contributed by atoms with Gasteiger partial charge in [-0.3, -0.25) is 0 Å². The molecule has 6 nitrogen and oxygen atoms in total. The molecule has 6 heteroatoms. The summed E-state index contributed by atoms with van der Waals surface area (Å²) in [5.74, 6) is -2.56. The lowest BCUT2D eigenvalue weighted by Gasteiger charge is -2.16. The zero-order chi connectivity index (χ0) is 8.54. The largest absolute Gasteiger partial charge is 0.249 e. The van der Waals surface area contributed by atoms with Crippen molar-refractivity contribution in [2.45, 2.75) is 31.8 Å². The molecule has 11 heavy (non-hydrogen) atoms. The highest BCUT2D eigenvalue weighted by Crippen LogP contribution is 2.36. The lowest BCUT2D eigenvalue weighted by molar-refractivity contribution is -0.502. The van der Waals surface area contributed by atoms with Gasteiger partial charge in [-0.1, -0.05) is 0 Å². The summed E-state index contributed by atoms with van der Waals surface area (Å²) in [4.78, 5) is 17.0. The SMILES string of the molecule is CC1(OO)CC(C)(OO)OO1. The van der Waals surface area contributed by atoms with Crippen LogP contribution in [-0.2, 0) is 19.6 Å². The van der Waals surface area contributed by atoms with Crippen LogP contribution in [-0.4, -0.2) is 22.1 Å². The summed E-state index contributed by atoms with van der Waals surface area (Å²) in [6.07, 6.45) is 0.0625. The second-order valence-corrected chi connectivity index (χ2v) is 2.79. The first kappa shape index (κ1) is 8.85. The summed E-state index contributed by atoms with van der Waals surface area (Å²) in [5.41, 5.74) is 0. The van der Waals surface area contributed by atoms with Crippen molar-refractivity contribution in [3.05, 3.63) is 0 Å². The van der Waals surface area contributed by atoms with Gasteiger partial charge >= 0.3 is 0 Å². The minimum absolute atomic E-state index is 0.0625. The third-order valence-corrected chi connectivity index (χ3v) is 1.42. The molecule has 1 aliphatic heterocycles. The van der Waals surface area contributed by atoms with E-state index in [1.165, 1.54) is 13.8 Å². The Hall–Kier alpha value is -0.240. The molecule has 2 unspecified atom stereocenters. The summed E-state index contributed by atoms with van der Waals surface area (Å²) >= 11 is 0. The quantitative estimate of drug-likeness (QED) is 0.465. The lowest BCUT2D eigenvalue weighted by Crippen LogP contribution is -2.31. The molecule has 0 aliphatic carbocycles. The molecular formula is C5H10O6. The van der Waals surface area contributed by atoms with E-state index in [2.05, 4.69) is 19.6 Å². The van der Waals surface area contributed by atoms with Crippen LogP contribution >= 0.6 is 0 Å². The van der Waals surface area contributed by atoms with Crippen LogP contribution in [0.5, 0.6) is 0 Å². The molecule has 66 valence electrons. The topological polar surface area (TPSA) is 77.4 Å². The average molecular weight is 166 g/mol. The van der Waals surface area contributed by atoms with Gasteiger partial charge in [0.2, 0.25) is 11.6 Å². The van der Waals surface area contributed by atoms with E-state index in [1.807, 2.05) is 0 Å². The number of hydrogen-bond acceptors (Lipinski definition) is 6. The normalized spacial score (nSPS) is 44.7. The van der Waals surface area contributed by atoms with Crippen LogP contribution in [0.25, 0.3) is 0 Å². The third-order valence-electron chi connectivity index (χ3n) is 1.42. The maximum Gasteiger partial charge on any atom is 0.236 e. The van der Waals surface area contributed by atoms with E-state index >= 15 is 0 Å². The second-order valence-electron chi connectivity index (χ2n) is 2.79. The van der Waals surface area contributed by atoms with Crippen molar-refractivity contribution in [3.63, 3.8) is 0 Å². The van der Waals surface area contributed by atoms with Crippen LogP contribution in [0.15, 0.2) is 0 Å². The summed E-state index contributed by atoms with van der Waals surface area (Å²) in [6, 6.07) is 0. The monoisotopic (exact) mass is 166 g/mol. The average Bonchev–Trinajstić information content (AvgIpc) is 2.30. The van der Waals surface area contributed by atoms with Crippen molar-refractivity contribution in [2.24, 2.45) is 0 Å². The third kappa shape index (κ3) is 1.67. The molecule has 0 aromatic rings. The van der Waals surface area contributed by atoms with Crippen molar-refractivity contribution in [3.8, 4) is 0 Å². The summed E-state index contributed by atoms with van der Waals surface area (Å²) in [6.45, 7) is 2.88. The molecule has 0 saturated carbocycles. The van der Waals surface area contributed by atoms with Gasteiger partial charge in [-0.2, -0.15) is 9.78 Å². The minimum Gasteiger partial charge on any atom is -0.249 e. The van der Waals surface area contributed by atoms with Gasteiger partial charge in [0.25, 0.3) is 0 Å². The van der Waals surface area contributed by atoms with Crippen LogP contribution in [0.1, 0.15) is 20.3 Å². The highest BCUT2D eigenvalue weighted by atomic mass is 17.3. The molecule has 0 bridgehead atoms. The molecule has 0 aromatic heterocycles. The molecule has 2 atom stereocenters. The van der Waals surface area contributed by atoms with Crippen LogP contribution in [0.4, 0.5) is 0 Å². The zero-order valence-electron chi connectivity index (χ0n) is 6.23. The van der Waals surface area contributed by atoms with Crippen molar-refractivity contribution >= 4 is 0 Å². The molecular weight excluding hydrogens is 156 g/mol. The van der Waals surface area contributed by atoms with Crippen LogP contribution < -0.4 is 0 Å². The standard InChI is InChI=1S/C5H10O6/c1-4(8-6)3-5(2,9-7)11-10-4/h6-7H,3H2,1-2H3. The molecule has 1 heterocycles. The Morgan fingerprint density at radius 3 is 1.64 bits per heavy atom. The molecule has 0 spiro atoms. The van der Waals surface area contributed by atoms with E-state index in [4.69, 9.17) is 10.5 Å². The number of rotatable bonds is 2. The van der Waals surface area contributed by atoms with Crippen LogP contribution in [0.3, 0.4) is 0 Å². The predicted octanol–water partition coefficient (Wildman–Crippen LogP) is 0.750. The second kappa shape index (κ2) is 2.67. The lowest BCUT2D eigenvalue weighted by atomic mass is 10.1. The first-order chi connectivity index (χ1) is 5.04. The summed E-state index contributed by atoms with van der Waals surface area (Å²) in [7, 11) is 0. The Balaban J connectivity index is 2.58. The van der Waals surface area contributed by atoms with Crippen LogP contribution in [0.2, 0.25) is 0 Å². The fourth-order valence-electron chi connectivity index (χ4n) is 0.913. The van der Waals surface area contributed by atoms with Gasteiger partial charge in [-0.15, -0.1) is 0 Å². The van der Waals surface area contributed by atoms with E-state index in [0.717, 1.165) is 0 Å². The Bertz CT molecular complexity index is 134. The van der Waals surface area contributed by atoms with Crippen LogP contribution in [0, 0.1) is 0 Å². The summed E-state index contributed by atoms with van der Waals surface area (Å²) in [5, 5.41) is 16.6. The maximum atomic E-state index is 8.31. The smallest absolute Gasteiger partial charge is 0.236 e. The fourth-order valence-corrected chi connectivity index (χ4v) is 0.913. The Labute approximate surface area is 63.0 Å². The number of hydrogen-bond donors (Lipinski definition) is 2. The Morgan fingerprint density at radius 2 is 1.45 bits per heavy atom. The van der Waals surface area contributed by atoms with E-state index in [9.17, 15) is 0 Å². The van der Waals surface area contributed by atoms with Crippen molar-refractivity contribution in [1.82, 2.24) is 0 Å². The van der Waals surface area contributed by atoms with Gasteiger partial charge in [0.15, 0.2) is 0 Å². The molecule has 2 N–H and O–H groups in total. The molecule has 1 fully saturated rings. The first-order valence-electron chi connectivity index (χ1n) is 3.06. The minimum atomic E-state index is -1.28. The van der Waals surface area contributed by atoms with Gasteiger partial charge < -0.3 is 0 Å².